The number of anilines is 2. The largest absolute Gasteiger partial charge is 0.416 e. The van der Waals surface area contributed by atoms with Crippen LogP contribution in [0.1, 0.15) is 22.4 Å². The van der Waals surface area contributed by atoms with Gasteiger partial charge >= 0.3 is 6.18 Å². The van der Waals surface area contributed by atoms with E-state index in [4.69, 9.17) is 9.72 Å². The van der Waals surface area contributed by atoms with Crippen molar-refractivity contribution in [3.8, 4) is 0 Å². The molecule has 2 aliphatic rings. The van der Waals surface area contributed by atoms with Crippen molar-refractivity contribution < 1.29 is 17.9 Å². The summed E-state index contributed by atoms with van der Waals surface area (Å²) in [5, 5.41) is 0. The van der Waals surface area contributed by atoms with E-state index in [1.807, 2.05) is 30.3 Å². The normalized spacial score (nSPS) is 17.1. The van der Waals surface area contributed by atoms with E-state index in [2.05, 4.69) is 9.80 Å². The summed E-state index contributed by atoms with van der Waals surface area (Å²) < 4.78 is 47.5. The summed E-state index contributed by atoms with van der Waals surface area (Å²) in [6.07, 6.45) is -4.03. The van der Waals surface area contributed by atoms with Crippen LogP contribution >= 0.6 is 0 Å². The summed E-state index contributed by atoms with van der Waals surface area (Å²) in [6, 6.07) is 14.9. The predicted molar refractivity (Wildman–Crippen MR) is 135 cm³/mol. The Morgan fingerprint density at radius 1 is 0.946 bits per heavy atom. The Kier molecular flexibility index (Phi) is 7.32. The number of nitrogens with zero attached hydrogens (tertiary/aromatic N) is 5. The summed E-state index contributed by atoms with van der Waals surface area (Å²) in [7, 11) is 0. The average Bonchev–Trinajstić information content (AvgIpc) is 2.90. The highest BCUT2D eigenvalue weighted by molar-refractivity contribution is 5.60. The number of hydrogen-bond acceptors (Lipinski definition) is 6. The van der Waals surface area contributed by atoms with Gasteiger partial charge in [0.1, 0.15) is 0 Å². The molecule has 0 spiro atoms. The van der Waals surface area contributed by atoms with Gasteiger partial charge in [0.15, 0.2) is 0 Å². The molecule has 37 heavy (non-hydrogen) atoms. The molecule has 3 heterocycles. The number of rotatable bonds is 6. The summed E-state index contributed by atoms with van der Waals surface area (Å²) in [4.78, 5) is 24.6. The van der Waals surface area contributed by atoms with Gasteiger partial charge in [-0.15, -0.1) is 0 Å². The number of halogens is 3. The number of ether oxygens (including phenoxy) is 1. The van der Waals surface area contributed by atoms with Crippen molar-refractivity contribution in [2.75, 3.05) is 51.0 Å². The monoisotopic (exact) mass is 513 g/mol. The van der Waals surface area contributed by atoms with Crippen LogP contribution in [0.3, 0.4) is 0 Å². The molecule has 3 aromatic rings. The molecule has 2 aliphatic heterocycles. The molecule has 0 N–H and O–H groups in total. The van der Waals surface area contributed by atoms with Gasteiger partial charge in [-0.05, 0) is 30.7 Å². The summed E-state index contributed by atoms with van der Waals surface area (Å²) in [5.41, 5.74) is 1.62. The molecular formula is C27H30F3N5O2. The second kappa shape index (κ2) is 10.6. The van der Waals surface area contributed by atoms with E-state index in [1.54, 1.807) is 22.5 Å². The quantitative estimate of drug-likeness (QED) is 0.499. The van der Waals surface area contributed by atoms with Crippen molar-refractivity contribution in [1.29, 1.82) is 0 Å². The molecule has 1 saturated heterocycles. The zero-order valence-electron chi connectivity index (χ0n) is 20.7. The Morgan fingerprint density at radius 3 is 2.41 bits per heavy atom. The molecule has 0 amide bonds. The minimum Gasteiger partial charge on any atom is -0.379 e. The lowest BCUT2D eigenvalue weighted by Gasteiger charge is -2.39. The number of fused-ring (bicyclic) bond motifs is 1. The molecule has 5 rings (SSSR count). The van der Waals surface area contributed by atoms with Gasteiger partial charge in [0.05, 0.1) is 37.8 Å². The first-order chi connectivity index (χ1) is 17.8. The van der Waals surface area contributed by atoms with E-state index < -0.39 is 11.7 Å². The molecule has 7 nitrogen and oxygen atoms in total. The van der Waals surface area contributed by atoms with E-state index in [0.717, 1.165) is 37.3 Å². The first-order valence-electron chi connectivity index (χ1n) is 12.4. The number of hydrogen-bond donors (Lipinski definition) is 0. The number of aromatic nitrogens is 2. The van der Waals surface area contributed by atoms with Crippen molar-refractivity contribution in [1.82, 2.24) is 19.4 Å². The second-order valence-electron chi connectivity index (χ2n) is 9.48. The molecule has 0 atom stereocenters. The molecule has 0 radical (unpaired) electrons. The summed E-state index contributed by atoms with van der Waals surface area (Å²) >= 11 is 0. The molecule has 2 aromatic carbocycles. The second-order valence-corrected chi connectivity index (χ2v) is 9.48. The van der Waals surface area contributed by atoms with Crippen molar-refractivity contribution in [3.05, 3.63) is 87.3 Å². The Hall–Kier alpha value is -3.21. The van der Waals surface area contributed by atoms with Crippen LogP contribution in [0.5, 0.6) is 0 Å². The van der Waals surface area contributed by atoms with Crippen LogP contribution in [0.25, 0.3) is 0 Å². The molecule has 10 heteroatoms. The molecule has 1 fully saturated rings. The minimum absolute atomic E-state index is 0.167. The molecule has 1 aromatic heterocycles. The molecule has 0 aliphatic carbocycles. The van der Waals surface area contributed by atoms with Gasteiger partial charge in [0, 0.05) is 43.9 Å². The van der Waals surface area contributed by atoms with Crippen LogP contribution in [0.2, 0.25) is 0 Å². The van der Waals surface area contributed by atoms with Gasteiger partial charge in [-0.25, -0.2) is 4.98 Å². The Balaban J connectivity index is 1.51. The Labute approximate surface area is 213 Å². The Morgan fingerprint density at radius 2 is 1.68 bits per heavy atom. The fraction of sp³-hybridized carbons (Fsp3) is 0.407. The highest BCUT2D eigenvalue weighted by Crippen LogP contribution is 2.34. The van der Waals surface area contributed by atoms with Gasteiger partial charge in [-0.1, -0.05) is 36.4 Å². The zero-order chi connectivity index (χ0) is 26.0. The number of aryl methyl sites for hydroxylation is 1. The first kappa shape index (κ1) is 25.4. The van der Waals surface area contributed by atoms with Crippen LogP contribution in [0.4, 0.5) is 24.8 Å². The van der Waals surface area contributed by atoms with Crippen molar-refractivity contribution in [2.24, 2.45) is 0 Å². The lowest BCUT2D eigenvalue weighted by Crippen LogP contribution is -2.50. The molecule has 0 unspecified atom stereocenters. The van der Waals surface area contributed by atoms with Crippen molar-refractivity contribution >= 4 is 11.6 Å². The SMILES string of the molecule is Cc1nc2n(c(=O)c1Cc1ccccc1)CN(CCN1CCOCC1)CN2c1cccc(C(F)(F)F)c1. The maximum atomic E-state index is 13.8. The van der Waals surface area contributed by atoms with Gasteiger partial charge in [-0.2, -0.15) is 13.2 Å². The average molecular weight is 514 g/mol. The topological polar surface area (TPSA) is 53.8 Å². The lowest BCUT2D eigenvalue weighted by molar-refractivity contribution is -0.137. The van der Waals surface area contributed by atoms with Gasteiger partial charge in [0.25, 0.3) is 5.56 Å². The highest BCUT2D eigenvalue weighted by Gasteiger charge is 2.33. The number of benzene rings is 2. The van der Waals surface area contributed by atoms with Crippen molar-refractivity contribution in [2.45, 2.75) is 26.2 Å². The molecule has 196 valence electrons. The minimum atomic E-state index is -4.47. The van der Waals surface area contributed by atoms with E-state index in [0.29, 0.717) is 62.4 Å². The van der Waals surface area contributed by atoms with Crippen LogP contribution in [-0.4, -0.2) is 65.4 Å². The van der Waals surface area contributed by atoms with Crippen LogP contribution in [0, 0.1) is 6.92 Å². The third-order valence-corrected chi connectivity index (χ3v) is 6.92. The molecule has 0 saturated carbocycles. The van der Waals surface area contributed by atoms with Gasteiger partial charge in [0.2, 0.25) is 5.95 Å². The van der Waals surface area contributed by atoms with Crippen molar-refractivity contribution in [3.63, 3.8) is 0 Å². The predicted octanol–water partition coefficient (Wildman–Crippen LogP) is 3.86. The Bertz CT molecular complexity index is 1290. The van der Waals surface area contributed by atoms with Crippen LogP contribution < -0.4 is 10.5 Å². The fourth-order valence-electron chi connectivity index (χ4n) is 4.83. The van der Waals surface area contributed by atoms with E-state index in [-0.39, 0.29) is 5.56 Å². The maximum absolute atomic E-state index is 13.8. The van der Waals surface area contributed by atoms with Crippen LogP contribution in [-0.2, 0) is 24.0 Å². The molecular weight excluding hydrogens is 483 g/mol. The third kappa shape index (κ3) is 5.71. The van der Waals surface area contributed by atoms with Gasteiger partial charge in [-0.3, -0.25) is 24.1 Å². The number of alkyl halides is 3. The third-order valence-electron chi connectivity index (χ3n) is 6.92. The highest BCUT2D eigenvalue weighted by atomic mass is 19.4. The first-order valence-corrected chi connectivity index (χ1v) is 12.4. The fourth-order valence-corrected chi connectivity index (χ4v) is 4.83. The molecule has 0 bridgehead atoms. The summed E-state index contributed by atoms with van der Waals surface area (Å²) in [5.74, 6) is 0.362. The smallest absolute Gasteiger partial charge is 0.379 e. The van der Waals surface area contributed by atoms with Crippen LogP contribution in [0.15, 0.2) is 59.4 Å². The van der Waals surface area contributed by atoms with E-state index in [1.165, 1.54) is 6.07 Å². The van der Waals surface area contributed by atoms with E-state index >= 15 is 0 Å². The standard InChI is InChI=1S/C27H30F3N5O2/c1-20-24(16-21-6-3-2-4-7-21)25(36)35-19-33(11-10-32-12-14-37-15-13-32)18-34(26(35)31-20)23-9-5-8-22(17-23)27(28,29)30/h2-9,17H,10-16,18-19H2,1H3. The summed E-state index contributed by atoms with van der Waals surface area (Å²) in [6.45, 7) is 6.92. The lowest BCUT2D eigenvalue weighted by atomic mass is 10.1. The zero-order valence-corrected chi connectivity index (χ0v) is 20.7. The van der Waals surface area contributed by atoms with Gasteiger partial charge < -0.3 is 4.74 Å². The maximum Gasteiger partial charge on any atom is 0.416 e. The number of morpholine rings is 1. The van der Waals surface area contributed by atoms with E-state index in [9.17, 15) is 18.0 Å².